The second-order valence-electron chi connectivity index (χ2n) is 14.3. The van der Waals surface area contributed by atoms with Crippen molar-refractivity contribution in [1.29, 1.82) is 0 Å². The average Bonchev–Trinajstić information content (AvgIpc) is 3.08. The van der Waals surface area contributed by atoms with Crippen LogP contribution in [0.25, 0.3) is 5.76 Å². The van der Waals surface area contributed by atoms with Crippen LogP contribution in [0.4, 0.5) is 21.0 Å². The van der Waals surface area contributed by atoms with Gasteiger partial charge in [0.05, 0.1) is 23.2 Å². The number of hydrogen-bond donors (Lipinski definition) is 5. The minimum atomic E-state index is -1.03. The molecule has 0 aliphatic rings. The van der Waals surface area contributed by atoms with Crippen molar-refractivity contribution in [2.45, 2.75) is 85.2 Å². The monoisotopic (exact) mass is 706 g/mol. The molecule has 0 aromatic heterocycles. The summed E-state index contributed by atoms with van der Waals surface area (Å²) in [5.41, 5.74) is 5.57. The van der Waals surface area contributed by atoms with Crippen LogP contribution in [-0.2, 0) is 15.8 Å². The van der Waals surface area contributed by atoms with Gasteiger partial charge in [0.25, 0.3) is 0 Å². The number of amides is 4. The van der Waals surface area contributed by atoms with E-state index in [1.54, 1.807) is 12.1 Å². The quantitative estimate of drug-likeness (QED) is 0.0937. The third-order valence-corrected chi connectivity index (χ3v) is 8.53. The summed E-state index contributed by atoms with van der Waals surface area (Å²) in [6.07, 6.45) is 0. The van der Waals surface area contributed by atoms with Gasteiger partial charge in [0.2, 0.25) is 0 Å². The first kappa shape index (κ1) is 40.9. The molecule has 4 aromatic rings. The van der Waals surface area contributed by atoms with Gasteiger partial charge in [0.15, 0.2) is 0 Å². The van der Waals surface area contributed by atoms with E-state index in [1.807, 2.05) is 83.1 Å². The normalized spacial score (nSPS) is 11.2. The Bertz CT molecular complexity index is 1860. The lowest BCUT2D eigenvalue weighted by Crippen LogP contribution is -2.43. The van der Waals surface area contributed by atoms with Gasteiger partial charge in [-0.25, -0.2) is 14.4 Å². The Morgan fingerprint density at radius 1 is 0.654 bits per heavy atom. The van der Waals surface area contributed by atoms with Gasteiger partial charge in [0, 0.05) is 16.9 Å². The van der Waals surface area contributed by atoms with E-state index >= 15 is 0 Å². The second kappa shape index (κ2) is 18.1. The molecule has 0 radical (unpaired) electrons. The Kier molecular flexibility index (Phi) is 14.2. The Hall–Kier alpha value is -5.57. The van der Waals surface area contributed by atoms with Crippen molar-refractivity contribution in [2.75, 3.05) is 17.2 Å². The highest BCUT2D eigenvalue weighted by molar-refractivity contribution is 5.93. The molecule has 0 saturated heterocycles. The van der Waals surface area contributed by atoms with E-state index in [0.29, 0.717) is 35.6 Å². The number of urea groups is 2. The molecule has 0 heterocycles. The Balaban J connectivity index is 0.000000281. The molecule has 52 heavy (non-hydrogen) atoms. The summed E-state index contributed by atoms with van der Waals surface area (Å²) in [6.45, 7) is 22.8. The zero-order valence-corrected chi connectivity index (χ0v) is 31.9. The third kappa shape index (κ3) is 12.0. The number of hydrogen-bond acceptors (Lipinski definition) is 4. The highest BCUT2D eigenvalue weighted by atomic mass is 16.5. The summed E-state index contributed by atoms with van der Waals surface area (Å²) in [5, 5.41) is 20.6. The zero-order chi connectivity index (χ0) is 38.6. The van der Waals surface area contributed by atoms with Crippen LogP contribution in [0, 0.1) is 0 Å². The van der Waals surface area contributed by atoms with Crippen LogP contribution in [0.5, 0.6) is 0 Å². The van der Waals surface area contributed by atoms with E-state index in [9.17, 15) is 14.4 Å². The molecule has 0 atom stereocenters. The molecule has 9 nitrogen and oxygen atoms in total. The number of carbonyl (C=O) groups excluding carboxylic acids is 2. The van der Waals surface area contributed by atoms with Crippen LogP contribution in [0.1, 0.15) is 112 Å². The van der Waals surface area contributed by atoms with Gasteiger partial charge < -0.3 is 31.1 Å². The summed E-state index contributed by atoms with van der Waals surface area (Å²) in [4.78, 5) is 35.9. The van der Waals surface area contributed by atoms with Gasteiger partial charge in [-0.1, -0.05) is 101 Å². The van der Waals surface area contributed by atoms with Crippen LogP contribution in [-0.4, -0.2) is 29.7 Å². The fourth-order valence-corrected chi connectivity index (χ4v) is 5.37. The van der Waals surface area contributed by atoms with Gasteiger partial charge in [-0.15, -0.1) is 0 Å². The van der Waals surface area contributed by atoms with Crippen molar-refractivity contribution in [2.24, 2.45) is 0 Å². The highest BCUT2D eigenvalue weighted by Crippen LogP contribution is 2.26. The zero-order valence-electron chi connectivity index (χ0n) is 31.9. The first-order chi connectivity index (χ1) is 24.4. The van der Waals surface area contributed by atoms with Crippen molar-refractivity contribution in [1.82, 2.24) is 10.6 Å². The lowest BCUT2D eigenvalue weighted by atomic mass is 9.90. The maximum Gasteiger partial charge on any atom is 0.335 e. The molecule has 276 valence electrons. The molecule has 0 unspecified atom stereocenters. The molecule has 4 rings (SSSR count). The number of ether oxygens (including phenoxy) is 1. The van der Waals surface area contributed by atoms with Crippen molar-refractivity contribution < 1.29 is 24.2 Å². The summed E-state index contributed by atoms with van der Waals surface area (Å²) >= 11 is 0. The van der Waals surface area contributed by atoms with E-state index < -0.39 is 17.0 Å². The summed E-state index contributed by atoms with van der Waals surface area (Å²) in [6, 6.07) is 29.4. The highest BCUT2D eigenvalue weighted by Gasteiger charge is 2.25. The minimum Gasteiger partial charge on any atom is -0.494 e. The van der Waals surface area contributed by atoms with E-state index in [0.717, 1.165) is 16.7 Å². The first-order valence-corrected chi connectivity index (χ1v) is 17.6. The maximum atomic E-state index is 12.6. The molecular weight excluding hydrogens is 652 g/mol. The Morgan fingerprint density at radius 3 is 1.46 bits per heavy atom. The molecule has 0 saturated carbocycles. The van der Waals surface area contributed by atoms with Gasteiger partial charge in [-0.2, -0.15) is 0 Å². The Labute approximate surface area is 308 Å². The van der Waals surface area contributed by atoms with Crippen molar-refractivity contribution in [3.63, 3.8) is 0 Å². The predicted molar refractivity (Wildman–Crippen MR) is 212 cm³/mol. The first-order valence-electron chi connectivity index (χ1n) is 17.6. The number of carbonyl (C=O) groups is 3. The van der Waals surface area contributed by atoms with Crippen LogP contribution < -0.4 is 21.3 Å². The molecule has 4 amide bonds. The molecular formula is C43H54N4O5. The van der Waals surface area contributed by atoms with Crippen LogP contribution >= 0.6 is 0 Å². The maximum absolute atomic E-state index is 12.6. The number of carboxylic acids is 1. The fourth-order valence-electron chi connectivity index (χ4n) is 5.37. The topological polar surface area (TPSA) is 129 Å². The lowest BCUT2D eigenvalue weighted by molar-refractivity contribution is 0.0696. The van der Waals surface area contributed by atoms with Gasteiger partial charge in [-0.3, -0.25) is 0 Å². The predicted octanol–water partition coefficient (Wildman–Crippen LogP) is 10.4. The van der Waals surface area contributed by atoms with Gasteiger partial charge in [0.1, 0.15) is 5.76 Å². The number of anilines is 2. The summed E-state index contributed by atoms with van der Waals surface area (Å²) in [5.74, 6) is 0.404. The van der Waals surface area contributed by atoms with Crippen molar-refractivity contribution >= 4 is 35.2 Å². The number of carboxylic acid groups (broad SMARTS) is 1. The van der Waals surface area contributed by atoms with Crippen molar-refractivity contribution in [3.8, 4) is 0 Å². The van der Waals surface area contributed by atoms with E-state index in [4.69, 9.17) is 9.84 Å². The fraction of sp³-hybridized carbons (Fsp3) is 0.326. The number of aromatic carboxylic acids is 1. The van der Waals surface area contributed by atoms with E-state index in [1.165, 1.54) is 23.3 Å². The summed E-state index contributed by atoms with van der Waals surface area (Å²) in [7, 11) is 0. The average molecular weight is 707 g/mol. The lowest BCUT2D eigenvalue weighted by Gasteiger charge is -2.28. The van der Waals surface area contributed by atoms with E-state index in [2.05, 4.69) is 79.8 Å². The van der Waals surface area contributed by atoms with Crippen LogP contribution in [0.15, 0.2) is 104 Å². The summed E-state index contributed by atoms with van der Waals surface area (Å²) < 4.78 is 5.43. The molecule has 0 aliphatic carbocycles. The molecule has 0 aliphatic heterocycles. The number of benzene rings is 4. The minimum absolute atomic E-state index is 0.127. The molecule has 4 aromatic carbocycles. The SMILES string of the molecule is C=C(OCC)c1cccc(NC(=O)NC(C)(C)c2cccc(C(C)C)c2)c1.CC(C)c1cccc(C(C)(C)NC(=O)Nc2cccc(C(=O)O)c2)c1. The molecule has 9 heteroatoms. The van der Waals surface area contributed by atoms with Gasteiger partial charge >= 0.3 is 18.0 Å². The van der Waals surface area contributed by atoms with Crippen LogP contribution in [0.2, 0.25) is 0 Å². The molecule has 0 bridgehead atoms. The largest absolute Gasteiger partial charge is 0.494 e. The molecule has 5 N–H and O–H groups in total. The van der Waals surface area contributed by atoms with Crippen LogP contribution in [0.3, 0.4) is 0 Å². The van der Waals surface area contributed by atoms with Crippen molar-refractivity contribution in [3.05, 3.63) is 137 Å². The van der Waals surface area contributed by atoms with Gasteiger partial charge in [-0.05, 0) is 99.0 Å². The molecule has 0 spiro atoms. The third-order valence-electron chi connectivity index (χ3n) is 8.53. The smallest absolute Gasteiger partial charge is 0.335 e. The number of nitrogens with one attached hydrogen (secondary N) is 4. The second-order valence-corrected chi connectivity index (χ2v) is 14.3. The molecule has 0 fully saturated rings. The standard InChI is InChI=1S/C23H30N2O2.C20H24N2O3/c1-7-27-17(4)19-11-9-13-21(15-19)24-22(26)25-23(5,6)20-12-8-10-18(14-20)16(2)3;1-13(2)14-7-5-9-16(11-14)20(3,4)22-19(25)21-17-10-6-8-15(12-17)18(23)24/h8-16H,4,7H2,1-3,5-6H3,(H2,24,25,26);5-13H,1-4H3,(H,23,24)(H2,21,22,25). The van der Waals surface area contributed by atoms with E-state index in [-0.39, 0.29) is 17.6 Å². The Morgan fingerprint density at radius 2 is 1.06 bits per heavy atom. The number of rotatable bonds is 12.